The summed E-state index contributed by atoms with van der Waals surface area (Å²) in [5, 5.41) is 11.4. The molecule has 1 aromatic heterocycles. The van der Waals surface area contributed by atoms with E-state index in [1.807, 2.05) is 6.07 Å². The maximum absolute atomic E-state index is 12.2. The van der Waals surface area contributed by atoms with Gasteiger partial charge in [-0.25, -0.2) is 0 Å². The summed E-state index contributed by atoms with van der Waals surface area (Å²) in [5.41, 5.74) is 0.780. The molecule has 0 fully saturated rings. The van der Waals surface area contributed by atoms with E-state index in [-0.39, 0.29) is 16.3 Å². The van der Waals surface area contributed by atoms with Crippen molar-refractivity contribution in [3.8, 4) is 16.9 Å². The lowest BCUT2D eigenvalue weighted by Crippen LogP contribution is -2.09. The largest absolute Gasteiger partial charge is 0.506 e. The van der Waals surface area contributed by atoms with Crippen LogP contribution in [-0.2, 0) is 0 Å². The van der Waals surface area contributed by atoms with Crippen LogP contribution in [0, 0.1) is 0 Å². The molecular formula is C15H9Cl2NO2. The van der Waals surface area contributed by atoms with Gasteiger partial charge in [-0.15, -0.1) is 0 Å². The van der Waals surface area contributed by atoms with Crippen molar-refractivity contribution in [3.63, 3.8) is 0 Å². The Hall–Kier alpha value is -1.97. The number of aromatic amines is 1. The smallest absolute Gasteiger partial charge is 0.260 e. The van der Waals surface area contributed by atoms with Gasteiger partial charge < -0.3 is 10.1 Å². The van der Waals surface area contributed by atoms with Crippen LogP contribution >= 0.6 is 23.2 Å². The molecular weight excluding hydrogens is 297 g/mol. The lowest BCUT2D eigenvalue weighted by Gasteiger charge is -2.09. The summed E-state index contributed by atoms with van der Waals surface area (Å²) in [7, 11) is 0. The Balaban J connectivity index is 2.43. The van der Waals surface area contributed by atoms with Crippen molar-refractivity contribution < 1.29 is 5.11 Å². The van der Waals surface area contributed by atoms with Crippen molar-refractivity contribution in [3.05, 3.63) is 62.9 Å². The van der Waals surface area contributed by atoms with E-state index in [0.29, 0.717) is 21.5 Å². The predicted molar refractivity (Wildman–Crippen MR) is 81.7 cm³/mol. The van der Waals surface area contributed by atoms with Gasteiger partial charge in [-0.05, 0) is 17.7 Å². The van der Waals surface area contributed by atoms with Crippen LogP contribution in [0.1, 0.15) is 0 Å². The molecule has 2 aromatic carbocycles. The number of rotatable bonds is 1. The molecule has 0 amide bonds. The normalized spacial score (nSPS) is 10.9. The molecule has 1 heterocycles. The Morgan fingerprint density at radius 1 is 1.00 bits per heavy atom. The highest BCUT2D eigenvalue weighted by Gasteiger charge is 2.16. The SMILES string of the molecule is O=c1[nH]c2c(Cl)c(Cl)ccc2c(O)c1-c1ccccc1. The van der Waals surface area contributed by atoms with Crippen molar-refractivity contribution in [2.24, 2.45) is 0 Å². The van der Waals surface area contributed by atoms with Crippen LogP contribution in [0.25, 0.3) is 22.0 Å². The quantitative estimate of drug-likeness (QED) is 0.707. The molecule has 0 radical (unpaired) electrons. The molecule has 0 spiro atoms. The number of hydrogen-bond donors (Lipinski definition) is 2. The lowest BCUT2D eigenvalue weighted by atomic mass is 10.0. The predicted octanol–water partition coefficient (Wildman–Crippen LogP) is 4.21. The third kappa shape index (κ3) is 1.96. The molecule has 3 nitrogen and oxygen atoms in total. The van der Waals surface area contributed by atoms with Crippen molar-refractivity contribution in [1.82, 2.24) is 4.98 Å². The molecule has 3 aromatic rings. The molecule has 0 unspecified atom stereocenters. The second-order valence-corrected chi connectivity index (χ2v) is 5.11. The summed E-state index contributed by atoms with van der Waals surface area (Å²) in [5.74, 6) is -0.103. The summed E-state index contributed by atoms with van der Waals surface area (Å²) in [6, 6.07) is 12.2. The first kappa shape index (κ1) is 13.0. The van der Waals surface area contributed by atoms with Crippen molar-refractivity contribution in [2.45, 2.75) is 0 Å². The highest BCUT2D eigenvalue weighted by Crippen LogP contribution is 2.36. The fourth-order valence-corrected chi connectivity index (χ4v) is 2.53. The number of nitrogens with one attached hydrogen (secondary N) is 1. The van der Waals surface area contributed by atoms with E-state index >= 15 is 0 Å². The zero-order valence-electron chi connectivity index (χ0n) is 10.2. The second-order valence-electron chi connectivity index (χ2n) is 4.33. The third-order valence-corrected chi connectivity index (χ3v) is 3.92. The van der Waals surface area contributed by atoms with E-state index in [4.69, 9.17) is 23.2 Å². The van der Waals surface area contributed by atoms with Crippen LogP contribution in [0.2, 0.25) is 10.0 Å². The molecule has 0 aliphatic rings. The van der Waals surface area contributed by atoms with E-state index < -0.39 is 5.56 Å². The Morgan fingerprint density at radius 2 is 1.70 bits per heavy atom. The molecule has 0 bridgehead atoms. The summed E-state index contributed by atoms with van der Waals surface area (Å²) >= 11 is 12.0. The third-order valence-electron chi connectivity index (χ3n) is 3.11. The van der Waals surface area contributed by atoms with Gasteiger partial charge in [-0.1, -0.05) is 53.5 Å². The summed E-state index contributed by atoms with van der Waals surface area (Å²) in [6.07, 6.45) is 0. The molecule has 3 rings (SSSR count). The van der Waals surface area contributed by atoms with E-state index in [9.17, 15) is 9.90 Å². The molecule has 20 heavy (non-hydrogen) atoms. The second kappa shape index (κ2) is 4.85. The van der Waals surface area contributed by atoms with E-state index in [1.54, 1.807) is 36.4 Å². The van der Waals surface area contributed by atoms with Crippen LogP contribution in [0.15, 0.2) is 47.3 Å². The first-order valence-corrected chi connectivity index (χ1v) is 6.63. The van der Waals surface area contributed by atoms with Crippen LogP contribution < -0.4 is 5.56 Å². The van der Waals surface area contributed by atoms with Gasteiger partial charge in [0.15, 0.2) is 0 Å². The molecule has 0 aliphatic heterocycles. The number of benzene rings is 2. The average molecular weight is 306 g/mol. The summed E-state index contributed by atoms with van der Waals surface area (Å²) in [6.45, 7) is 0. The molecule has 0 aliphatic carbocycles. The molecule has 100 valence electrons. The molecule has 2 N–H and O–H groups in total. The van der Waals surface area contributed by atoms with Gasteiger partial charge >= 0.3 is 0 Å². The van der Waals surface area contributed by atoms with Crippen LogP contribution in [-0.4, -0.2) is 10.1 Å². The van der Waals surface area contributed by atoms with Gasteiger partial charge in [-0.3, -0.25) is 4.79 Å². The number of halogens is 2. The fraction of sp³-hybridized carbons (Fsp3) is 0. The number of fused-ring (bicyclic) bond motifs is 1. The van der Waals surface area contributed by atoms with Gasteiger partial charge in [0.05, 0.1) is 21.1 Å². The van der Waals surface area contributed by atoms with Crippen molar-refractivity contribution >= 4 is 34.1 Å². The monoisotopic (exact) mass is 305 g/mol. The Labute approximate surface area is 124 Å². The molecule has 0 atom stereocenters. The molecule has 0 saturated carbocycles. The zero-order valence-corrected chi connectivity index (χ0v) is 11.7. The van der Waals surface area contributed by atoms with E-state index in [0.717, 1.165) is 0 Å². The number of H-pyrrole nitrogens is 1. The minimum absolute atomic E-state index is 0.103. The highest BCUT2D eigenvalue weighted by molar-refractivity contribution is 6.45. The number of hydrogen-bond acceptors (Lipinski definition) is 2. The van der Waals surface area contributed by atoms with Crippen LogP contribution in [0.4, 0.5) is 0 Å². The molecule has 0 saturated heterocycles. The first-order valence-electron chi connectivity index (χ1n) is 5.88. The molecule has 5 heteroatoms. The van der Waals surface area contributed by atoms with Gasteiger partial charge in [0.2, 0.25) is 0 Å². The minimum Gasteiger partial charge on any atom is -0.506 e. The highest BCUT2D eigenvalue weighted by atomic mass is 35.5. The minimum atomic E-state index is -0.412. The maximum Gasteiger partial charge on any atom is 0.260 e. The van der Waals surface area contributed by atoms with Gasteiger partial charge in [0.25, 0.3) is 5.56 Å². The Bertz CT molecular complexity index is 857. The number of aromatic hydroxyl groups is 1. The summed E-state index contributed by atoms with van der Waals surface area (Å²) < 4.78 is 0. The Kier molecular flexibility index (Phi) is 3.16. The topological polar surface area (TPSA) is 53.1 Å². The van der Waals surface area contributed by atoms with E-state index in [2.05, 4.69) is 4.98 Å². The standard InChI is InChI=1S/C15H9Cl2NO2/c16-10-7-6-9-13(12(10)17)18-15(20)11(14(9)19)8-4-2-1-3-5-8/h1-7H,(H2,18,19,20). The first-order chi connectivity index (χ1) is 9.59. The summed E-state index contributed by atoms with van der Waals surface area (Å²) in [4.78, 5) is 14.9. The van der Waals surface area contributed by atoms with Crippen molar-refractivity contribution in [2.75, 3.05) is 0 Å². The number of aromatic nitrogens is 1. The van der Waals surface area contributed by atoms with Crippen LogP contribution in [0.3, 0.4) is 0 Å². The zero-order chi connectivity index (χ0) is 14.3. The maximum atomic E-state index is 12.2. The average Bonchev–Trinajstić information content (AvgIpc) is 2.45. The van der Waals surface area contributed by atoms with Gasteiger partial charge in [-0.2, -0.15) is 0 Å². The Morgan fingerprint density at radius 3 is 2.40 bits per heavy atom. The van der Waals surface area contributed by atoms with Gasteiger partial charge in [0, 0.05) is 5.39 Å². The van der Waals surface area contributed by atoms with E-state index in [1.165, 1.54) is 0 Å². The van der Waals surface area contributed by atoms with Gasteiger partial charge in [0.1, 0.15) is 5.75 Å². The number of pyridine rings is 1. The fourth-order valence-electron chi connectivity index (χ4n) is 2.16. The lowest BCUT2D eigenvalue weighted by molar-refractivity contribution is 0.482. The van der Waals surface area contributed by atoms with Crippen LogP contribution in [0.5, 0.6) is 5.75 Å². The van der Waals surface area contributed by atoms with Crippen molar-refractivity contribution in [1.29, 1.82) is 0 Å².